The van der Waals surface area contributed by atoms with Gasteiger partial charge in [-0.1, -0.05) is 36.4 Å². The van der Waals surface area contributed by atoms with E-state index in [1.165, 1.54) is 0 Å². The Bertz CT molecular complexity index is 99.8. The number of rotatable bonds is 0. The molecule has 0 saturated carbocycles. The molecular weight excluding hydrogens is 182 g/mol. The van der Waals surface area contributed by atoms with Gasteiger partial charge >= 0.3 is 0 Å². The molecule has 12 heavy (non-hydrogen) atoms. The third-order valence-corrected chi connectivity index (χ3v) is 0.667. The molecular formula is C10H20P2. The fourth-order valence-corrected chi connectivity index (χ4v) is 0.385. The summed E-state index contributed by atoms with van der Waals surface area (Å²) >= 11 is 0. The Morgan fingerprint density at radius 1 is 0.500 bits per heavy atom. The summed E-state index contributed by atoms with van der Waals surface area (Å²) in [5.41, 5.74) is 0. The van der Waals surface area contributed by atoms with Crippen LogP contribution in [0.3, 0.4) is 0 Å². The fourth-order valence-electron chi connectivity index (χ4n) is 0.385. The van der Waals surface area contributed by atoms with Gasteiger partial charge in [0.15, 0.2) is 0 Å². The first-order chi connectivity index (χ1) is 5.83. The van der Waals surface area contributed by atoms with E-state index in [2.05, 4.69) is 26.7 Å². The lowest BCUT2D eigenvalue weighted by Crippen LogP contribution is -1.47. The van der Waals surface area contributed by atoms with Crippen LogP contribution in [0, 0.1) is 0 Å². The zero-order chi connectivity index (χ0) is 9.66. The maximum Gasteiger partial charge on any atom is -0.0475 e. The summed E-state index contributed by atoms with van der Waals surface area (Å²) in [5, 5.41) is 0. The van der Waals surface area contributed by atoms with E-state index in [-0.39, 0.29) is 0 Å². The molecule has 0 heterocycles. The van der Waals surface area contributed by atoms with Gasteiger partial charge in [0.25, 0.3) is 0 Å². The normalized spacial score (nSPS) is 7.00. The molecule has 1 rings (SSSR count). The summed E-state index contributed by atoms with van der Waals surface area (Å²) in [6.45, 7) is 8.61. The average Bonchev–Trinajstić information content (AvgIpc) is 2.10. The monoisotopic (exact) mass is 202 g/mol. The lowest BCUT2D eigenvalue weighted by atomic mass is 10.4. The largest absolute Gasteiger partial charge is 0.129 e. The van der Waals surface area contributed by atoms with Gasteiger partial charge in [0.1, 0.15) is 0 Å². The smallest absolute Gasteiger partial charge is 0.0475 e. The van der Waals surface area contributed by atoms with E-state index >= 15 is 0 Å². The van der Waals surface area contributed by atoms with Gasteiger partial charge in [-0.3, -0.25) is 0 Å². The van der Waals surface area contributed by atoms with Gasteiger partial charge in [-0.05, 0) is 26.7 Å². The SMILES string of the molecule is CPC.CPC.c1ccccc1. The zero-order valence-corrected chi connectivity index (χ0v) is 10.5. The number of hydrogen-bond donors (Lipinski definition) is 0. The minimum Gasteiger partial charge on any atom is -0.129 e. The van der Waals surface area contributed by atoms with Crippen LogP contribution in [0.5, 0.6) is 0 Å². The van der Waals surface area contributed by atoms with Gasteiger partial charge in [0.05, 0.1) is 0 Å². The van der Waals surface area contributed by atoms with Crippen LogP contribution in [0.15, 0.2) is 36.4 Å². The van der Waals surface area contributed by atoms with E-state index < -0.39 is 0 Å². The summed E-state index contributed by atoms with van der Waals surface area (Å²) in [6, 6.07) is 12.0. The van der Waals surface area contributed by atoms with Gasteiger partial charge in [0, 0.05) is 0 Å². The molecule has 0 saturated heterocycles. The number of benzene rings is 1. The molecule has 0 aliphatic heterocycles. The predicted molar refractivity (Wildman–Crippen MR) is 66.8 cm³/mol. The molecule has 0 amide bonds. The molecule has 1 aromatic rings. The Hall–Kier alpha value is 0.0800. The van der Waals surface area contributed by atoms with E-state index in [0.29, 0.717) is 0 Å². The Labute approximate surface area is 80.7 Å². The number of hydrogen-bond acceptors (Lipinski definition) is 0. The van der Waals surface area contributed by atoms with Crippen molar-refractivity contribution in [1.29, 1.82) is 0 Å². The lowest BCUT2D eigenvalue weighted by Gasteiger charge is -1.69. The predicted octanol–water partition coefficient (Wildman–Crippen LogP) is 3.54. The molecule has 0 N–H and O–H groups in total. The first-order valence-corrected chi connectivity index (χ1v) is 8.00. The highest BCUT2D eigenvalue weighted by molar-refractivity contribution is 7.36. The van der Waals surface area contributed by atoms with Gasteiger partial charge in [-0.25, -0.2) is 0 Å². The molecule has 0 aromatic heterocycles. The molecule has 1 aromatic carbocycles. The third kappa shape index (κ3) is 22.5. The fraction of sp³-hybridized carbons (Fsp3) is 0.400. The van der Waals surface area contributed by atoms with Crippen molar-refractivity contribution < 1.29 is 0 Å². The molecule has 0 spiro atoms. The van der Waals surface area contributed by atoms with Crippen molar-refractivity contribution in [2.24, 2.45) is 0 Å². The van der Waals surface area contributed by atoms with E-state index in [0.717, 1.165) is 17.2 Å². The maximum absolute atomic E-state index is 2.15. The summed E-state index contributed by atoms with van der Waals surface area (Å²) in [7, 11) is 2.17. The molecule has 0 fully saturated rings. The minimum atomic E-state index is 1.08. The maximum atomic E-state index is 2.15. The van der Waals surface area contributed by atoms with Crippen molar-refractivity contribution >= 4 is 17.2 Å². The van der Waals surface area contributed by atoms with Gasteiger partial charge in [0.2, 0.25) is 0 Å². The van der Waals surface area contributed by atoms with Crippen molar-refractivity contribution in [3.05, 3.63) is 36.4 Å². The standard InChI is InChI=1S/C6H6.2C2H7P/c1-2-4-6-5-3-1;2*1-3-2/h1-6H;2*3H,1-2H3. The van der Waals surface area contributed by atoms with Crippen LogP contribution < -0.4 is 0 Å². The van der Waals surface area contributed by atoms with Crippen LogP contribution in [0.1, 0.15) is 0 Å². The van der Waals surface area contributed by atoms with E-state index in [4.69, 9.17) is 0 Å². The van der Waals surface area contributed by atoms with Gasteiger partial charge in [-0.15, -0.1) is 17.2 Å². The molecule has 0 bridgehead atoms. The molecule has 0 atom stereocenters. The third-order valence-electron chi connectivity index (χ3n) is 0.667. The first kappa shape index (κ1) is 14.6. The summed E-state index contributed by atoms with van der Waals surface area (Å²) in [4.78, 5) is 0. The summed E-state index contributed by atoms with van der Waals surface area (Å²) in [5.74, 6) is 0. The Balaban J connectivity index is 0. The van der Waals surface area contributed by atoms with Gasteiger partial charge in [-0.2, -0.15) is 0 Å². The Morgan fingerprint density at radius 2 is 0.583 bits per heavy atom. The van der Waals surface area contributed by atoms with Crippen LogP contribution in [0.4, 0.5) is 0 Å². The van der Waals surface area contributed by atoms with E-state index in [9.17, 15) is 0 Å². The molecule has 0 radical (unpaired) electrons. The van der Waals surface area contributed by atoms with Crippen molar-refractivity contribution in [2.45, 2.75) is 0 Å². The summed E-state index contributed by atoms with van der Waals surface area (Å²) in [6.07, 6.45) is 0. The minimum absolute atomic E-state index is 1.08. The van der Waals surface area contributed by atoms with Crippen molar-refractivity contribution in [3.63, 3.8) is 0 Å². The van der Waals surface area contributed by atoms with Crippen LogP contribution in [0.25, 0.3) is 0 Å². The molecule has 0 nitrogen and oxygen atoms in total. The highest BCUT2D eigenvalue weighted by Crippen LogP contribution is 1.84. The Morgan fingerprint density at radius 3 is 0.667 bits per heavy atom. The van der Waals surface area contributed by atoms with E-state index in [1.54, 1.807) is 0 Å². The second-order valence-electron chi connectivity index (χ2n) is 2.15. The first-order valence-electron chi connectivity index (χ1n) is 4.00. The molecule has 2 heteroatoms. The highest BCUT2D eigenvalue weighted by atomic mass is 31.1. The molecule has 0 unspecified atom stereocenters. The van der Waals surface area contributed by atoms with Crippen LogP contribution in [0.2, 0.25) is 0 Å². The van der Waals surface area contributed by atoms with Gasteiger partial charge < -0.3 is 0 Å². The zero-order valence-electron chi connectivity index (χ0n) is 8.46. The highest BCUT2D eigenvalue weighted by Gasteiger charge is 1.57. The van der Waals surface area contributed by atoms with Crippen molar-refractivity contribution in [1.82, 2.24) is 0 Å². The van der Waals surface area contributed by atoms with Crippen LogP contribution >= 0.6 is 17.2 Å². The molecule has 70 valence electrons. The summed E-state index contributed by atoms with van der Waals surface area (Å²) < 4.78 is 0. The quantitative estimate of drug-likeness (QED) is 0.564. The topological polar surface area (TPSA) is 0 Å². The van der Waals surface area contributed by atoms with E-state index in [1.807, 2.05) is 36.4 Å². The van der Waals surface area contributed by atoms with Crippen molar-refractivity contribution in [3.8, 4) is 0 Å². The van der Waals surface area contributed by atoms with Crippen LogP contribution in [-0.4, -0.2) is 26.7 Å². The Kier molecular flexibility index (Phi) is 21.0. The van der Waals surface area contributed by atoms with Crippen LogP contribution in [-0.2, 0) is 0 Å². The molecule has 0 aliphatic carbocycles. The van der Waals surface area contributed by atoms with Crippen molar-refractivity contribution in [2.75, 3.05) is 26.7 Å². The molecule has 0 aliphatic rings. The average molecular weight is 202 g/mol. The second kappa shape index (κ2) is 17.2. The lowest BCUT2D eigenvalue weighted by molar-refractivity contribution is 1.72. The second-order valence-corrected chi connectivity index (χ2v) is 4.15.